The number of carbonyl (C=O) groups excluding carboxylic acids is 2. The van der Waals surface area contributed by atoms with Gasteiger partial charge in [-0.05, 0) is 54.5 Å². The zero-order valence-corrected chi connectivity index (χ0v) is 23.0. The maximum absolute atomic E-state index is 13.5. The van der Waals surface area contributed by atoms with Crippen molar-refractivity contribution in [3.05, 3.63) is 65.0 Å². The number of fused-ring (bicyclic) bond motifs is 1. The first-order valence-electron chi connectivity index (χ1n) is 13.2. The van der Waals surface area contributed by atoms with Crippen LogP contribution in [0.4, 0.5) is 5.69 Å². The summed E-state index contributed by atoms with van der Waals surface area (Å²) in [6, 6.07) is 14.0. The molecule has 39 heavy (non-hydrogen) atoms. The second-order valence-corrected chi connectivity index (χ2v) is 10.4. The second-order valence-electron chi connectivity index (χ2n) is 10.4. The molecule has 1 aliphatic rings. The molecule has 0 aliphatic carbocycles. The minimum Gasteiger partial charge on any atom is -0.421 e. The summed E-state index contributed by atoms with van der Waals surface area (Å²) in [4.78, 5) is 28.3. The van der Waals surface area contributed by atoms with Gasteiger partial charge in [-0.25, -0.2) is 5.01 Å². The summed E-state index contributed by atoms with van der Waals surface area (Å²) in [5.41, 5.74) is 4.92. The van der Waals surface area contributed by atoms with Gasteiger partial charge < -0.3 is 14.6 Å². The lowest BCUT2D eigenvalue weighted by atomic mass is 10.1. The van der Waals surface area contributed by atoms with E-state index in [-0.39, 0.29) is 32.3 Å². The second kappa shape index (κ2) is 13.4. The van der Waals surface area contributed by atoms with Crippen molar-refractivity contribution in [1.82, 2.24) is 25.5 Å². The third-order valence-electron chi connectivity index (χ3n) is 6.87. The SMILES string of the molecule is C.Cc1nnc(-c2ccc(C)c(N(CC(=O)NCCCC(C)C)CC(=O)N(C)N3Cc4ccccc4C3)c2)o1. The number of aryl methyl sites for hydroxylation is 2. The van der Waals surface area contributed by atoms with Gasteiger partial charge in [0.1, 0.15) is 0 Å². The molecule has 1 aliphatic heterocycles. The van der Waals surface area contributed by atoms with Crippen LogP contribution in [0, 0.1) is 19.8 Å². The Morgan fingerprint density at radius 2 is 1.74 bits per heavy atom. The lowest BCUT2D eigenvalue weighted by molar-refractivity contribution is -0.145. The minimum atomic E-state index is -0.115. The maximum atomic E-state index is 13.5. The summed E-state index contributed by atoms with van der Waals surface area (Å²) < 4.78 is 5.63. The van der Waals surface area contributed by atoms with Gasteiger partial charge in [0, 0.05) is 44.9 Å². The van der Waals surface area contributed by atoms with E-state index in [9.17, 15) is 9.59 Å². The summed E-state index contributed by atoms with van der Waals surface area (Å²) >= 11 is 0. The number of aromatic nitrogens is 2. The molecule has 1 N–H and O–H groups in total. The molecule has 0 saturated carbocycles. The molecule has 0 fully saturated rings. The van der Waals surface area contributed by atoms with Gasteiger partial charge in [0.15, 0.2) is 0 Å². The van der Waals surface area contributed by atoms with Crippen LogP contribution in [0.1, 0.15) is 56.7 Å². The summed E-state index contributed by atoms with van der Waals surface area (Å²) in [5.74, 6) is 1.26. The lowest BCUT2D eigenvalue weighted by Gasteiger charge is -2.32. The predicted molar refractivity (Wildman–Crippen MR) is 154 cm³/mol. The van der Waals surface area contributed by atoms with E-state index in [1.807, 2.05) is 47.2 Å². The van der Waals surface area contributed by atoms with Gasteiger partial charge in [-0.15, -0.1) is 10.2 Å². The van der Waals surface area contributed by atoms with Crippen LogP contribution in [-0.4, -0.2) is 58.7 Å². The van der Waals surface area contributed by atoms with Crippen molar-refractivity contribution in [2.75, 3.05) is 31.6 Å². The minimum absolute atomic E-state index is 0. The van der Waals surface area contributed by atoms with Crippen LogP contribution in [-0.2, 0) is 22.7 Å². The van der Waals surface area contributed by atoms with E-state index in [4.69, 9.17) is 4.42 Å². The Labute approximate surface area is 232 Å². The first-order valence-corrected chi connectivity index (χ1v) is 13.2. The van der Waals surface area contributed by atoms with Gasteiger partial charge in [0.05, 0.1) is 13.1 Å². The van der Waals surface area contributed by atoms with E-state index in [2.05, 4.69) is 41.5 Å². The molecule has 3 aromatic rings. The first-order chi connectivity index (χ1) is 18.2. The van der Waals surface area contributed by atoms with Crippen LogP contribution in [0.2, 0.25) is 0 Å². The number of amides is 2. The molecule has 0 atom stereocenters. The molecular formula is C30H42N6O3. The van der Waals surface area contributed by atoms with Gasteiger partial charge in [-0.2, -0.15) is 0 Å². The Morgan fingerprint density at radius 1 is 1.05 bits per heavy atom. The molecule has 0 saturated heterocycles. The average molecular weight is 535 g/mol. The van der Waals surface area contributed by atoms with E-state index in [0.717, 1.165) is 29.7 Å². The maximum Gasteiger partial charge on any atom is 0.256 e. The quantitative estimate of drug-likeness (QED) is 0.355. The van der Waals surface area contributed by atoms with Gasteiger partial charge >= 0.3 is 0 Å². The van der Waals surface area contributed by atoms with Gasteiger partial charge in [0.2, 0.25) is 17.7 Å². The molecule has 9 heteroatoms. The third-order valence-corrected chi connectivity index (χ3v) is 6.87. The fourth-order valence-corrected chi connectivity index (χ4v) is 4.64. The van der Waals surface area contributed by atoms with Gasteiger partial charge in [-0.3, -0.25) is 14.6 Å². The molecule has 2 aromatic carbocycles. The number of rotatable bonds is 11. The van der Waals surface area contributed by atoms with Crippen molar-refractivity contribution < 1.29 is 14.0 Å². The van der Waals surface area contributed by atoms with E-state index in [0.29, 0.717) is 37.3 Å². The Balaban J connectivity index is 0.00000420. The number of nitrogens with one attached hydrogen (secondary N) is 1. The highest BCUT2D eigenvalue weighted by molar-refractivity contribution is 5.87. The number of carbonyl (C=O) groups is 2. The highest BCUT2D eigenvalue weighted by Gasteiger charge is 2.27. The predicted octanol–water partition coefficient (Wildman–Crippen LogP) is 4.74. The zero-order chi connectivity index (χ0) is 27.2. The number of hydrazine groups is 1. The van der Waals surface area contributed by atoms with Crippen molar-refractivity contribution >= 4 is 17.5 Å². The highest BCUT2D eigenvalue weighted by Crippen LogP contribution is 2.28. The fourth-order valence-electron chi connectivity index (χ4n) is 4.64. The summed E-state index contributed by atoms with van der Waals surface area (Å²) in [6.45, 7) is 10.1. The molecule has 0 unspecified atom stereocenters. The fraction of sp³-hybridized carbons (Fsp3) is 0.467. The number of nitrogens with zero attached hydrogens (tertiary/aromatic N) is 5. The Kier molecular flexibility index (Phi) is 10.2. The van der Waals surface area contributed by atoms with Gasteiger partial charge in [-0.1, -0.05) is 51.6 Å². The van der Waals surface area contributed by atoms with Crippen LogP contribution in [0.3, 0.4) is 0 Å². The molecular weight excluding hydrogens is 492 g/mol. The lowest BCUT2D eigenvalue weighted by Crippen LogP contribution is -2.48. The van der Waals surface area contributed by atoms with E-state index >= 15 is 0 Å². The topological polar surface area (TPSA) is 94.8 Å². The van der Waals surface area contributed by atoms with Crippen LogP contribution < -0.4 is 10.2 Å². The van der Waals surface area contributed by atoms with Crippen molar-refractivity contribution in [1.29, 1.82) is 0 Å². The standard InChI is InChI=1S/C29H38N6O3.CH4/c1-20(2)9-8-14-30-27(36)18-34(26-15-23(13-12-21(26)3)29-32-31-22(4)38-29)19-28(37)33(5)35-16-24-10-6-7-11-25(24)17-35;/h6-7,10-13,15,20H,8-9,14,16-19H2,1-5H3,(H,30,36);1H4. The molecule has 1 aromatic heterocycles. The van der Waals surface area contributed by atoms with Crippen molar-refractivity contribution in [3.63, 3.8) is 0 Å². The first kappa shape index (κ1) is 29.8. The summed E-state index contributed by atoms with van der Waals surface area (Å²) in [6.07, 6.45) is 1.97. The van der Waals surface area contributed by atoms with Crippen LogP contribution in [0.5, 0.6) is 0 Å². The number of likely N-dealkylation sites (N-methyl/N-ethyl adjacent to an activating group) is 1. The van der Waals surface area contributed by atoms with E-state index in [1.54, 1.807) is 19.0 Å². The third kappa shape index (κ3) is 7.66. The number of benzene rings is 2. The molecule has 210 valence electrons. The molecule has 9 nitrogen and oxygen atoms in total. The molecule has 0 radical (unpaired) electrons. The van der Waals surface area contributed by atoms with Crippen molar-refractivity contribution in [3.8, 4) is 11.5 Å². The molecule has 0 spiro atoms. The van der Waals surface area contributed by atoms with Crippen molar-refractivity contribution in [2.24, 2.45) is 5.92 Å². The smallest absolute Gasteiger partial charge is 0.256 e. The zero-order valence-electron chi connectivity index (χ0n) is 23.0. The van der Waals surface area contributed by atoms with Crippen LogP contribution >= 0.6 is 0 Å². The highest BCUT2D eigenvalue weighted by atomic mass is 16.4. The molecule has 2 heterocycles. The number of anilines is 1. The number of hydrogen-bond acceptors (Lipinski definition) is 7. The van der Waals surface area contributed by atoms with E-state index in [1.165, 1.54) is 11.1 Å². The summed E-state index contributed by atoms with van der Waals surface area (Å²) in [5, 5.41) is 14.8. The molecule has 0 bridgehead atoms. The Hall–Kier alpha value is -3.72. The average Bonchev–Trinajstić information content (AvgIpc) is 3.52. The Bertz CT molecular complexity index is 1250. The monoisotopic (exact) mass is 534 g/mol. The largest absolute Gasteiger partial charge is 0.421 e. The van der Waals surface area contributed by atoms with Crippen LogP contribution in [0.25, 0.3) is 11.5 Å². The summed E-state index contributed by atoms with van der Waals surface area (Å²) in [7, 11) is 1.79. The Morgan fingerprint density at radius 3 is 2.36 bits per heavy atom. The molecule has 2 amide bonds. The van der Waals surface area contributed by atoms with E-state index < -0.39 is 0 Å². The number of hydrogen-bond donors (Lipinski definition) is 1. The molecule has 4 rings (SSSR count). The van der Waals surface area contributed by atoms with Crippen LogP contribution in [0.15, 0.2) is 46.9 Å². The normalized spacial score (nSPS) is 12.7. The van der Waals surface area contributed by atoms with Crippen molar-refractivity contribution in [2.45, 2.75) is 61.1 Å². The van der Waals surface area contributed by atoms with Gasteiger partial charge in [0.25, 0.3) is 5.91 Å².